The molecule has 0 spiro atoms. The first-order valence-electron chi connectivity index (χ1n) is 9.93. The Kier molecular flexibility index (Phi) is 6.01. The Morgan fingerprint density at radius 2 is 2.03 bits per heavy atom. The summed E-state index contributed by atoms with van der Waals surface area (Å²) in [4.78, 5) is 22.8. The van der Waals surface area contributed by atoms with E-state index in [0.29, 0.717) is 17.8 Å². The maximum Gasteiger partial charge on any atom is 0.261 e. The van der Waals surface area contributed by atoms with E-state index >= 15 is 0 Å². The molecule has 3 heterocycles. The third-order valence-electron chi connectivity index (χ3n) is 5.36. The second-order valence-corrected chi connectivity index (χ2v) is 10.8. The van der Waals surface area contributed by atoms with Crippen LogP contribution in [-0.4, -0.2) is 48.9 Å². The number of fused-ring (bicyclic) bond motifs is 1. The predicted molar refractivity (Wildman–Crippen MR) is 120 cm³/mol. The number of carbonyl (C=O) groups is 1. The number of anilines is 1. The van der Waals surface area contributed by atoms with Crippen molar-refractivity contribution in [2.75, 3.05) is 29.9 Å². The molecule has 1 atom stereocenters. The molecule has 1 aliphatic rings. The number of rotatable bonds is 7. The molecule has 7 nitrogen and oxygen atoms in total. The van der Waals surface area contributed by atoms with Crippen molar-refractivity contribution >= 4 is 43.1 Å². The zero-order valence-electron chi connectivity index (χ0n) is 16.7. The number of nitrogens with zero attached hydrogens (tertiary/aromatic N) is 2. The van der Waals surface area contributed by atoms with E-state index in [1.54, 1.807) is 0 Å². The van der Waals surface area contributed by atoms with Crippen LogP contribution in [0.5, 0.6) is 0 Å². The van der Waals surface area contributed by atoms with E-state index in [1.165, 1.54) is 23.2 Å². The van der Waals surface area contributed by atoms with Crippen LogP contribution >= 0.6 is 11.3 Å². The summed E-state index contributed by atoms with van der Waals surface area (Å²) < 4.78 is 23.2. The van der Waals surface area contributed by atoms with Crippen LogP contribution in [0.25, 0.3) is 10.2 Å². The van der Waals surface area contributed by atoms with Gasteiger partial charge in [-0.1, -0.05) is 30.3 Å². The number of hydrogen-bond donors (Lipinski definition) is 2. The summed E-state index contributed by atoms with van der Waals surface area (Å²) in [5.41, 5.74) is 2.08. The highest BCUT2D eigenvalue weighted by Gasteiger charge is 2.28. The van der Waals surface area contributed by atoms with Crippen LogP contribution in [0.1, 0.15) is 27.2 Å². The summed E-state index contributed by atoms with van der Waals surface area (Å²) in [7, 11) is -2.95. The van der Waals surface area contributed by atoms with Crippen molar-refractivity contribution < 1.29 is 13.2 Å². The van der Waals surface area contributed by atoms with E-state index in [4.69, 9.17) is 0 Å². The summed E-state index contributed by atoms with van der Waals surface area (Å²) in [6, 6.07) is 10.2. The molecule has 2 N–H and O–H groups in total. The number of benzene rings is 1. The van der Waals surface area contributed by atoms with Gasteiger partial charge in [-0.15, -0.1) is 11.3 Å². The zero-order chi connectivity index (χ0) is 21.1. The summed E-state index contributed by atoms with van der Waals surface area (Å²) >= 11 is 1.34. The SMILES string of the molecule is Cc1c(C(=O)NC[C@H]2CCS(=O)(=O)C2)sc2ncnc(NCCc3ccccc3)c12. The summed E-state index contributed by atoms with van der Waals surface area (Å²) in [6.45, 7) is 3.00. The Morgan fingerprint density at radius 1 is 1.23 bits per heavy atom. The lowest BCUT2D eigenvalue weighted by Gasteiger charge is -2.09. The number of aryl methyl sites for hydroxylation is 1. The number of amides is 1. The number of hydrogen-bond acceptors (Lipinski definition) is 7. The lowest BCUT2D eigenvalue weighted by atomic mass is 10.1. The number of sulfone groups is 1. The van der Waals surface area contributed by atoms with Crippen LogP contribution in [0.4, 0.5) is 5.82 Å². The second-order valence-electron chi connectivity index (χ2n) is 7.60. The van der Waals surface area contributed by atoms with E-state index < -0.39 is 9.84 Å². The minimum absolute atomic E-state index is 0.0105. The molecule has 0 saturated carbocycles. The standard InChI is InChI=1S/C21H24N4O3S2/c1-14-17-19(22-9-7-15-5-3-2-4-6-15)24-13-25-21(17)29-18(14)20(26)23-11-16-8-10-30(27,28)12-16/h2-6,13,16H,7-12H2,1H3,(H,23,26)(H,22,24,25)/t16-/m1/s1. The third kappa shape index (κ3) is 4.62. The molecule has 30 heavy (non-hydrogen) atoms. The zero-order valence-corrected chi connectivity index (χ0v) is 18.4. The molecule has 1 saturated heterocycles. The van der Waals surface area contributed by atoms with Gasteiger partial charge in [0, 0.05) is 13.1 Å². The van der Waals surface area contributed by atoms with Crippen molar-refractivity contribution in [2.24, 2.45) is 5.92 Å². The van der Waals surface area contributed by atoms with Gasteiger partial charge in [-0.3, -0.25) is 4.79 Å². The molecule has 9 heteroatoms. The minimum atomic E-state index is -2.95. The van der Waals surface area contributed by atoms with Gasteiger partial charge in [0.2, 0.25) is 0 Å². The molecule has 0 unspecified atom stereocenters. The van der Waals surface area contributed by atoms with E-state index in [0.717, 1.165) is 34.6 Å². The van der Waals surface area contributed by atoms with E-state index in [-0.39, 0.29) is 23.3 Å². The Morgan fingerprint density at radius 3 is 2.77 bits per heavy atom. The maximum absolute atomic E-state index is 12.7. The highest BCUT2D eigenvalue weighted by molar-refractivity contribution is 7.91. The van der Waals surface area contributed by atoms with Crippen LogP contribution in [0.15, 0.2) is 36.7 Å². The highest BCUT2D eigenvalue weighted by atomic mass is 32.2. The molecular formula is C21H24N4O3S2. The fraction of sp³-hybridized carbons (Fsp3) is 0.381. The molecular weight excluding hydrogens is 420 g/mol. The van der Waals surface area contributed by atoms with E-state index in [9.17, 15) is 13.2 Å². The summed E-state index contributed by atoms with van der Waals surface area (Å²) in [6.07, 6.45) is 2.98. The van der Waals surface area contributed by atoms with Gasteiger partial charge in [-0.25, -0.2) is 18.4 Å². The Labute approximate surface area is 179 Å². The molecule has 1 aromatic carbocycles. The molecule has 3 aromatic rings. The van der Waals surface area contributed by atoms with Crippen LogP contribution in [0.2, 0.25) is 0 Å². The highest BCUT2D eigenvalue weighted by Crippen LogP contribution is 2.33. The van der Waals surface area contributed by atoms with Gasteiger partial charge in [-0.05, 0) is 36.8 Å². The molecule has 0 bridgehead atoms. The topological polar surface area (TPSA) is 101 Å². The van der Waals surface area contributed by atoms with Crippen LogP contribution in [0.3, 0.4) is 0 Å². The first-order chi connectivity index (χ1) is 14.4. The smallest absolute Gasteiger partial charge is 0.261 e. The average Bonchev–Trinajstić information content (AvgIpc) is 3.26. The van der Waals surface area contributed by atoms with Crippen LogP contribution in [0, 0.1) is 12.8 Å². The van der Waals surface area contributed by atoms with Crippen LogP contribution in [-0.2, 0) is 16.3 Å². The fourth-order valence-corrected chi connectivity index (χ4v) is 6.67. The third-order valence-corrected chi connectivity index (χ3v) is 8.40. The lowest BCUT2D eigenvalue weighted by molar-refractivity contribution is 0.0952. The van der Waals surface area contributed by atoms with Gasteiger partial charge in [-0.2, -0.15) is 0 Å². The minimum Gasteiger partial charge on any atom is -0.369 e. The summed E-state index contributed by atoms with van der Waals surface area (Å²) in [5.74, 6) is 0.896. The molecule has 158 valence electrons. The van der Waals surface area contributed by atoms with E-state index in [2.05, 4.69) is 32.7 Å². The molecule has 2 aromatic heterocycles. The Bertz CT molecular complexity index is 1160. The predicted octanol–water partition coefficient (Wildman–Crippen LogP) is 2.82. The van der Waals surface area contributed by atoms with Crippen LogP contribution < -0.4 is 10.6 Å². The fourth-order valence-electron chi connectivity index (χ4n) is 3.74. The average molecular weight is 445 g/mol. The van der Waals surface area contributed by atoms with Crippen molar-refractivity contribution in [1.82, 2.24) is 15.3 Å². The van der Waals surface area contributed by atoms with Crippen molar-refractivity contribution in [3.05, 3.63) is 52.7 Å². The van der Waals surface area contributed by atoms with Gasteiger partial charge >= 0.3 is 0 Å². The monoisotopic (exact) mass is 444 g/mol. The van der Waals surface area contributed by atoms with Gasteiger partial charge < -0.3 is 10.6 Å². The van der Waals surface area contributed by atoms with Gasteiger partial charge in [0.25, 0.3) is 5.91 Å². The molecule has 4 rings (SSSR count). The first-order valence-corrected chi connectivity index (χ1v) is 12.6. The number of thiophene rings is 1. The number of carbonyl (C=O) groups excluding carboxylic acids is 1. The quantitative estimate of drug-likeness (QED) is 0.581. The number of nitrogens with one attached hydrogen (secondary N) is 2. The van der Waals surface area contributed by atoms with Crippen molar-refractivity contribution in [2.45, 2.75) is 19.8 Å². The molecule has 1 amide bonds. The van der Waals surface area contributed by atoms with Crippen molar-refractivity contribution in [1.29, 1.82) is 0 Å². The number of aromatic nitrogens is 2. The van der Waals surface area contributed by atoms with E-state index in [1.807, 2.05) is 25.1 Å². The van der Waals surface area contributed by atoms with Gasteiger partial charge in [0.1, 0.15) is 17.0 Å². The summed E-state index contributed by atoms with van der Waals surface area (Å²) in [5, 5.41) is 7.14. The Balaban J connectivity index is 1.45. The molecule has 1 fully saturated rings. The first kappa shape index (κ1) is 20.7. The maximum atomic E-state index is 12.7. The van der Waals surface area contributed by atoms with Crippen molar-refractivity contribution in [3.8, 4) is 0 Å². The van der Waals surface area contributed by atoms with Crippen molar-refractivity contribution in [3.63, 3.8) is 0 Å². The second kappa shape index (κ2) is 8.69. The largest absolute Gasteiger partial charge is 0.369 e. The lowest BCUT2D eigenvalue weighted by Crippen LogP contribution is -2.29. The molecule has 1 aliphatic heterocycles. The molecule has 0 radical (unpaired) electrons. The van der Waals surface area contributed by atoms with Gasteiger partial charge in [0.05, 0.1) is 21.8 Å². The Hall–Kier alpha value is -2.52. The normalized spacial score (nSPS) is 17.8. The van der Waals surface area contributed by atoms with Gasteiger partial charge in [0.15, 0.2) is 9.84 Å². The molecule has 0 aliphatic carbocycles.